The third-order valence-electron chi connectivity index (χ3n) is 9.73. The molecule has 10 atom stereocenters. The number of aliphatic hydroxyl groups excluding tert-OH is 2. The van der Waals surface area contributed by atoms with E-state index in [0.717, 1.165) is 6.42 Å². The van der Waals surface area contributed by atoms with Gasteiger partial charge in [0.25, 0.3) is 0 Å². The average molecular weight is 533 g/mol. The highest BCUT2D eigenvalue weighted by Gasteiger charge is 2.83. The van der Waals surface area contributed by atoms with Gasteiger partial charge in [-0.2, -0.15) is 0 Å². The zero-order chi connectivity index (χ0) is 27.3. The molecule has 0 aromatic rings. The largest absolute Gasteiger partial charge is 0.463 e. The van der Waals surface area contributed by atoms with Crippen molar-refractivity contribution in [2.24, 2.45) is 16.7 Å². The Labute approximate surface area is 223 Å². The van der Waals surface area contributed by atoms with Gasteiger partial charge in [-0.3, -0.25) is 0 Å². The molecule has 0 radical (unpaired) electrons. The van der Waals surface area contributed by atoms with E-state index in [0.29, 0.717) is 25.9 Å². The first-order chi connectivity index (χ1) is 18.0. The van der Waals surface area contributed by atoms with Crippen LogP contribution in [0.1, 0.15) is 53.4 Å². The Morgan fingerprint density at radius 1 is 1.16 bits per heavy atom. The van der Waals surface area contributed by atoms with Gasteiger partial charge in [-0.25, -0.2) is 9.59 Å². The van der Waals surface area contributed by atoms with Gasteiger partial charge in [0, 0.05) is 24.5 Å². The molecule has 3 heterocycles. The van der Waals surface area contributed by atoms with E-state index in [1.807, 2.05) is 0 Å². The minimum absolute atomic E-state index is 0.0195. The number of allylic oxidation sites excluding steroid dienone is 3. The third-order valence-corrected chi connectivity index (χ3v) is 9.73. The number of epoxide rings is 1. The van der Waals surface area contributed by atoms with Crippen LogP contribution in [0.4, 0.5) is 0 Å². The molecule has 0 amide bonds. The van der Waals surface area contributed by atoms with E-state index in [1.54, 1.807) is 32.1 Å². The molecule has 0 unspecified atom stereocenters. The van der Waals surface area contributed by atoms with Crippen molar-refractivity contribution in [2.45, 2.75) is 95.6 Å². The summed E-state index contributed by atoms with van der Waals surface area (Å²) in [6.45, 7) is 8.27. The molecule has 2 saturated heterocycles. The van der Waals surface area contributed by atoms with Crippen molar-refractivity contribution < 1.29 is 43.5 Å². The Bertz CT molecular complexity index is 1030. The highest BCUT2D eigenvalue weighted by molar-refractivity contribution is 5.82. The number of rotatable bonds is 1. The van der Waals surface area contributed by atoms with Crippen molar-refractivity contribution >= 4 is 11.9 Å². The number of hydrogen-bond donors (Lipinski definition) is 2. The molecule has 5 rings (SSSR count). The van der Waals surface area contributed by atoms with Gasteiger partial charge in [-0.05, 0) is 39.0 Å². The fraction of sp³-hybridized carbons (Fsp3) is 0.724. The summed E-state index contributed by atoms with van der Waals surface area (Å²) < 4.78 is 30.4. The first kappa shape index (κ1) is 27.5. The smallest absolute Gasteiger partial charge is 0.335 e. The molecule has 1 saturated carbocycles. The second-order valence-corrected chi connectivity index (χ2v) is 11.9. The fourth-order valence-electron chi connectivity index (χ4n) is 7.04. The molecule has 2 N–H and O–H groups in total. The highest BCUT2D eigenvalue weighted by atomic mass is 16.6. The Kier molecular flexibility index (Phi) is 7.37. The summed E-state index contributed by atoms with van der Waals surface area (Å²) in [5, 5.41) is 20.8. The van der Waals surface area contributed by atoms with Crippen molar-refractivity contribution in [2.75, 3.05) is 19.8 Å². The molecule has 2 aliphatic carbocycles. The van der Waals surface area contributed by atoms with Crippen LogP contribution in [0.15, 0.2) is 36.0 Å². The molecule has 0 aromatic carbocycles. The predicted molar refractivity (Wildman–Crippen MR) is 136 cm³/mol. The van der Waals surface area contributed by atoms with Gasteiger partial charge < -0.3 is 33.9 Å². The maximum Gasteiger partial charge on any atom is 0.335 e. The monoisotopic (exact) mass is 532 g/mol. The number of hydrogen-bond acceptors (Lipinski definition) is 9. The number of esters is 2. The van der Waals surface area contributed by atoms with Crippen molar-refractivity contribution in [3.63, 3.8) is 0 Å². The molecule has 2 bridgehead atoms. The van der Waals surface area contributed by atoms with E-state index in [-0.39, 0.29) is 25.4 Å². The van der Waals surface area contributed by atoms with Crippen molar-refractivity contribution in [3.8, 4) is 0 Å². The minimum Gasteiger partial charge on any atom is -0.463 e. The van der Waals surface area contributed by atoms with Crippen LogP contribution in [-0.2, 0) is 33.3 Å². The SMILES string of the molecule is CC1=C[C@H]2O[C@H]3C[C@H]4OC(=O)C=CC=C[C@@H]([C@H](C)O)OCC[C@@H](C)[C@H](O)C(=O)OC[C@@]2(CC1)[C@@]4(C)[C@@]31CO1. The van der Waals surface area contributed by atoms with Crippen LogP contribution in [-0.4, -0.2) is 84.2 Å². The Hall–Kier alpha value is -2.04. The van der Waals surface area contributed by atoms with Crippen LogP contribution in [0, 0.1) is 16.7 Å². The topological polar surface area (TPSA) is 124 Å². The summed E-state index contributed by atoms with van der Waals surface area (Å²) in [6.07, 6.45) is 6.89. The number of carbonyl (C=O) groups excluding carboxylic acids is 2. The number of aliphatic hydroxyl groups is 2. The zero-order valence-electron chi connectivity index (χ0n) is 22.6. The number of carbonyl (C=O) groups is 2. The average Bonchev–Trinajstić information content (AvgIpc) is 3.65. The molecule has 2 spiro atoms. The molecule has 9 heteroatoms. The Morgan fingerprint density at radius 2 is 1.92 bits per heavy atom. The summed E-state index contributed by atoms with van der Waals surface area (Å²) in [5.41, 5.74) is -0.771. The highest BCUT2D eigenvalue weighted by Crippen LogP contribution is 2.72. The molecule has 38 heavy (non-hydrogen) atoms. The number of ether oxygens (including phenoxy) is 5. The quantitative estimate of drug-likeness (QED) is 0.298. The van der Waals surface area contributed by atoms with Gasteiger partial charge in [-0.1, -0.05) is 43.7 Å². The lowest BCUT2D eigenvalue weighted by atomic mass is 9.51. The lowest BCUT2D eigenvalue weighted by Gasteiger charge is -2.58. The van der Waals surface area contributed by atoms with Crippen molar-refractivity contribution in [1.29, 1.82) is 0 Å². The van der Waals surface area contributed by atoms with Crippen molar-refractivity contribution in [3.05, 3.63) is 36.0 Å². The fourth-order valence-corrected chi connectivity index (χ4v) is 7.04. The molecule has 3 aliphatic heterocycles. The molecule has 5 aliphatic rings. The van der Waals surface area contributed by atoms with E-state index in [4.69, 9.17) is 23.7 Å². The van der Waals surface area contributed by atoms with Crippen LogP contribution in [0.25, 0.3) is 0 Å². The van der Waals surface area contributed by atoms with Gasteiger partial charge in [-0.15, -0.1) is 0 Å². The summed E-state index contributed by atoms with van der Waals surface area (Å²) in [5.74, 6) is -1.60. The second-order valence-electron chi connectivity index (χ2n) is 11.9. The lowest BCUT2D eigenvalue weighted by Crippen LogP contribution is -2.66. The van der Waals surface area contributed by atoms with Gasteiger partial charge in [0.1, 0.15) is 24.4 Å². The normalized spacial score (nSPS) is 46.3. The van der Waals surface area contributed by atoms with Crippen molar-refractivity contribution in [1.82, 2.24) is 0 Å². The molecule has 210 valence electrons. The summed E-state index contributed by atoms with van der Waals surface area (Å²) in [6, 6.07) is 0. The first-order valence-electron chi connectivity index (χ1n) is 13.7. The van der Waals surface area contributed by atoms with Gasteiger partial charge in [0.15, 0.2) is 6.10 Å². The second kappa shape index (κ2) is 10.2. The molecular weight excluding hydrogens is 492 g/mol. The summed E-state index contributed by atoms with van der Waals surface area (Å²) in [4.78, 5) is 26.0. The van der Waals surface area contributed by atoms with Gasteiger partial charge in [0.05, 0.1) is 30.3 Å². The molecule has 0 aromatic heterocycles. The van der Waals surface area contributed by atoms with Gasteiger partial charge in [0.2, 0.25) is 0 Å². The van der Waals surface area contributed by atoms with E-state index in [2.05, 4.69) is 19.9 Å². The standard InChI is InChI=1S/C29H40O9/c1-17-9-11-28-15-35-26(33)25(32)18(2)10-12-34-20(19(3)30)7-5-6-8-24(31)38-21-14-23(37-22(28)13-17)29(16-36-29)27(21,28)4/h5-8,13,18-23,25,30,32H,9-12,14-16H2,1-4H3/t18-,19+,20+,21-,22-,23+,25+,27+,28-,29-/m1/s1. The summed E-state index contributed by atoms with van der Waals surface area (Å²) >= 11 is 0. The predicted octanol–water partition coefficient (Wildman–Crippen LogP) is 2.39. The molecular formula is C29H40O9. The molecule has 3 fully saturated rings. The Morgan fingerprint density at radius 3 is 2.63 bits per heavy atom. The third kappa shape index (κ3) is 4.36. The number of cyclic esters (lactones) is 1. The maximum atomic E-state index is 13.1. The molecule has 9 nitrogen and oxygen atoms in total. The zero-order valence-corrected chi connectivity index (χ0v) is 22.6. The van der Waals surface area contributed by atoms with Crippen LogP contribution in [0.3, 0.4) is 0 Å². The van der Waals surface area contributed by atoms with Crippen LogP contribution >= 0.6 is 0 Å². The maximum absolute atomic E-state index is 13.1. The lowest BCUT2D eigenvalue weighted by molar-refractivity contribution is -0.234. The Balaban J connectivity index is 1.51. The van der Waals surface area contributed by atoms with E-state index < -0.39 is 58.7 Å². The van der Waals surface area contributed by atoms with E-state index >= 15 is 0 Å². The van der Waals surface area contributed by atoms with Crippen LogP contribution < -0.4 is 0 Å². The first-order valence-corrected chi connectivity index (χ1v) is 13.7. The summed E-state index contributed by atoms with van der Waals surface area (Å²) in [7, 11) is 0. The minimum atomic E-state index is -1.33. The van der Waals surface area contributed by atoms with Crippen LogP contribution in [0.5, 0.6) is 0 Å². The van der Waals surface area contributed by atoms with Gasteiger partial charge >= 0.3 is 11.9 Å². The van der Waals surface area contributed by atoms with Crippen LogP contribution in [0.2, 0.25) is 0 Å². The van der Waals surface area contributed by atoms with E-state index in [1.165, 1.54) is 11.6 Å². The van der Waals surface area contributed by atoms with E-state index in [9.17, 15) is 19.8 Å².